The van der Waals surface area contributed by atoms with Gasteiger partial charge in [-0.3, -0.25) is 4.98 Å². The molecule has 1 unspecified atom stereocenters. The molecule has 1 aromatic heterocycles. The fourth-order valence-corrected chi connectivity index (χ4v) is 4.52. The van der Waals surface area contributed by atoms with Gasteiger partial charge in [-0.15, -0.1) is 0 Å². The highest BCUT2D eigenvalue weighted by atomic mass is 32.2. The number of benzene rings is 1. The van der Waals surface area contributed by atoms with Crippen LogP contribution in [0.15, 0.2) is 29.2 Å². The zero-order valence-electron chi connectivity index (χ0n) is 17.4. The Morgan fingerprint density at radius 1 is 1.17 bits per heavy atom. The second-order valence-corrected chi connectivity index (χ2v) is 9.33. The van der Waals surface area contributed by atoms with Crippen LogP contribution in [0.4, 0.5) is 10.5 Å². The minimum Gasteiger partial charge on any atom is -0.351 e. The number of nitrogens with zero attached hydrogens (tertiary/aromatic N) is 1. The highest BCUT2D eigenvalue weighted by Gasteiger charge is 2.36. The van der Waals surface area contributed by atoms with Gasteiger partial charge in [0.2, 0.25) is 0 Å². The van der Waals surface area contributed by atoms with Crippen LogP contribution in [0.1, 0.15) is 61.7 Å². The number of hydrogen-bond acceptors (Lipinski definition) is 3. The van der Waals surface area contributed by atoms with Gasteiger partial charge in [0.15, 0.2) is 0 Å². The third-order valence-electron chi connectivity index (χ3n) is 5.78. The summed E-state index contributed by atoms with van der Waals surface area (Å²) in [5, 5.41) is 8.02. The van der Waals surface area contributed by atoms with Crippen LogP contribution in [0, 0.1) is 0 Å². The Bertz CT molecular complexity index is 939. The maximum absolute atomic E-state index is 11.2. The Labute approximate surface area is 175 Å². The van der Waals surface area contributed by atoms with Gasteiger partial charge >= 0.3 is 6.03 Å². The second-order valence-electron chi connectivity index (χ2n) is 8.26. The second kappa shape index (κ2) is 8.63. The lowest BCUT2D eigenvalue weighted by Gasteiger charge is -2.20. The smallest absolute Gasteiger partial charge is 0.316 e. The van der Waals surface area contributed by atoms with E-state index in [1.807, 2.05) is 12.1 Å². The summed E-state index contributed by atoms with van der Waals surface area (Å²) in [6.07, 6.45) is 6.22. The fourth-order valence-electron chi connectivity index (χ4n) is 4.12. The maximum Gasteiger partial charge on any atom is 0.316 e. The largest absolute Gasteiger partial charge is 0.351 e. The number of nitrogens with two attached hydrogens (primary N) is 2. The first-order valence-electron chi connectivity index (χ1n) is 10.1. The Morgan fingerprint density at radius 2 is 1.86 bits per heavy atom. The number of pyridine rings is 1. The number of rotatable bonds is 3. The molecule has 6 nitrogen and oxygen atoms in total. The Balaban J connectivity index is 0.000000188. The normalized spacial score (nSPS) is 17.0. The van der Waals surface area contributed by atoms with Gasteiger partial charge in [-0.2, -0.15) is 0 Å². The monoisotopic (exact) mass is 414 g/mol. The van der Waals surface area contributed by atoms with E-state index in [0.29, 0.717) is 4.90 Å². The van der Waals surface area contributed by atoms with Gasteiger partial charge in [-0.25, -0.2) is 14.1 Å². The van der Waals surface area contributed by atoms with Gasteiger partial charge in [0, 0.05) is 11.1 Å². The third kappa shape index (κ3) is 4.67. The molecule has 2 amide bonds. The summed E-state index contributed by atoms with van der Waals surface area (Å²) in [6.45, 7) is 6.52. The molecule has 0 saturated carbocycles. The predicted molar refractivity (Wildman–Crippen MR) is 117 cm³/mol. The number of primary amides is 1. The van der Waals surface area contributed by atoms with Crippen LogP contribution in [0.2, 0.25) is 0 Å². The van der Waals surface area contributed by atoms with Crippen LogP contribution in [0.3, 0.4) is 0 Å². The van der Waals surface area contributed by atoms with Crippen molar-refractivity contribution in [3.05, 3.63) is 52.3 Å². The lowest BCUT2D eigenvalue weighted by atomic mass is 9.90. The molecule has 0 radical (unpaired) electrons. The number of carbonyl (C=O) groups is 1. The summed E-state index contributed by atoms with van der Waals surface area (Å²) in [5.41, 5.74) is 12.4. The fraction of sp³-hybridized carbons (Fsp3) is 0.455. The lowest BCUT2D eigenvalue weighted by molar-refractivity contribution is 0.259. The van der Waals surface area contributed by atoms with E-state index in [9.17, 15) is 9.00 Å². The summed E-state index contributed by atoms with van der Waals surface area (Å²) in [4.78, 5) is 16.8. The molecule has 2 aliphatic rings. The van der Waals surface area contributed by atoms with Crippen molar-refractivity contribution in [1.82, 2.24) is 4.98 Å². The first-order chi connectivity index (χ1) is 13.7. The first-order valence-corrected chi connectivity index (χ1v) is 11.3. The number of urea groups is 1. The maximum atomic E-state index is 11.2. The molecule has 0 aliphatic heterocycles. The van der Waals surface area contributed by atoms with Crippen LogP contribution in [-0.4, -0.2) is 15.2 Å². The van der Waals surface area contributed by atoms with Crippen molar-refractivity contribution in [2.75, 3.05) is 5.32 Å². The van der Waals surface area contributed by atoms with E-state index >= 15 is 0 Å². The number of fused-ring (bicyclic) bond motifs is 2. The molecule has 7 heteroatoms. The predicted octanol–water partition coefficient (Wildman–Crippen LogP) is 3.52. The van der Waals surface area contributed by atoms with E-state index in [-0.39, 0.29) is 5.41 Å². The van der Waals surface area contributed by atoms with Gasteiger partial charge in [0.1, 0.15) is 11.0 Å². The zero-order valence-corrected chi connectivity index (χ0v) is 18.2. The van der Waals surface area contributed by atoms with Gasteiger partial charge in [0.05, 0.1) is 16.3 Å². The molecule has 1 atom stereocenters. The number of aryl methyl sites for hydroxylation is 2. The van der Waals surface area contributed by atoms with Crippen LogP contribution in [0.5, 0.6) is 0 Å². The number of aromatic nitrogens is 1. The molecule has 2 aliphatic carbocycles. The molecule has 4 rings (SSSR count). The molecule has 0 bridgehead atoms. The van der Waals surface area contributed by atoms with E-state index in [0.717, 1.165) is 55.6 Å². The van der Waals surface area contributed by atoms with Gasteiger partial charge in [0.25, 0.3) is 0 Å². The molecular formula is C22H30N4O2S. The molecule has 0 saturated heterocycles. The number of anilines is 1. The summed E-state index contributed by atoms with van der Waals surface area (Å²) in [6, 6.07) is 7.02. The van der Waals surface area contributed by atoms with E-state index in [2.05, 4.69) is 26.1 Å². The zero-order chi connectivity index (χ0) is 21.2. The molecule has 2 aromatic rings. The molecule has 0 spiro atoms. The number of carbonyl (C=O) groups excluding carboxylic acids is 1. The Kier molecular flexibility index (Phi) is 6.39. The molecular weight excluding hydrogens is 384 g/mol. The van der Waals surface area contributed by atoms with Gasteiger partial charge in [-0.1, -0.05) is 32.9 Å². The highest BCUT2D eigenvalue weighted by molar-refractivity contribution is 7.82. The van der Waals surface area contributed by atoms with Crippen molar-refractivity contribution in [3.63, 3.8) is 0 Å². The van der Waals surface area contributed by atoms with Crippen LogP contribution >= 0.6 is 0 Å². The van der Waals surface area contributed by atoms with E-state index in [4.69, 9.17) is 15.9 Å². The van der Waals surface area contributed by atoms with Crippen molar-refractivity contribution in [1.29, 1.82) is 0 Å². The third-order valence-corrected chi connectivity index (χ3v) is 6.51. The summed E-state index contributed by atoms with van der Waals surface area (Å²) in [7, 11) is -1.34. The average Bonchev–Trinajstić information content (AvgIpc) is 3.27. The van der Waals surface area contributed by atoms with Crippen molar-refractivity contribution < 1.29 is 9.00 Å². The molecule has 1 heterocycles. The van der Waals surface area contributed by atoms with E-state index in [1.54, 1.807) is 12.1 Å². The number of amides is 2. The van der Waals surface area contributed by atoms with E-state index < -0.39 is 17.0 Å². The number of hydrogen-bond donors (Lipinski definition) is 3. The van der Waals surface area contributed by atoms with Crippen molar-refractivity contribution in [2.24, 2.45) is 10.9 Å². The van der Waals surface area contributed by atoms with E-state index in [1.165, 1.54) is 16.7 Å². The van der Waals surface area contributed by atoms with Gasteiger partial charge in [-0.05, 0) is 67.3 Å². The van der Waals surface area contributed by atoms with Crippen LogP contribution in [0.25, 0.3) is 0 Å². The molecule has 156 valence electrons. The van der Waals surface area contributed by atoms with Crippen molar-refractivity contribution >= 4 is 22.7 Å². The minimum atomic E-state index is -1.34. The molecule has 0 fully saturated rings. The summed E-state index contributed by atoms with van der Waals surface area (Å²) >= 11 is 0. The molecule has 29 heavy (non-hydrogen) atoms. The molecule has 5 N–H and O–H groups in total. The Hall–Kier alpha value is -2.25. The number of nitrogens with one attached hydrogen (secondary N) is 1. The molecule has 1 aromatic carbocycles. The van der Waals surface area contributed by atoms with Crippen LogP contribution in [-0.2, 0) is 42.1 Å². The standard InChI is InChI=1S/C14H19N3O.C8H11NOS/c1-14(2)7-6-9-11(17-13(15)18)8-4-3-5-10(8)16-12(9)14;1-2-7-3-5-8(6-4-7)11(9)10/h3-7H2,1-2H3,(H3,15,16,17,18);3-6H,2,9H2,1H3. The van der Waals surface area contributed by atoms with Crippen molar-refractivity contribution in [3.8, 4) is 0 Å². The Morgan fingerprint density at radius 3 is 2.45 bits per heavy atom. The summed E-state index contributed by atoms with van der Waals surface area (Å²) in [5.74, 6) is 0. The van der Waals surface area contributed by atoms with Crippen LogP contribution < -0.4 is 16.2 Å². The quantitative estimate of drug-likeness (QED) is 0.714. The van der Waals surface area contributed by atoms with Crippen molar-refractivity contribution in [2.45, 2.75) is 69.6 Å². The average molecular weight is 415 g/mol. The topological polar surface area (TPSA) is 111 Å². The first kappa shape index (κ1) is 21.5. The SMILES string of the molecule is CC1(C)CCc2c1nc1c(c2NC(N)=O)CCC1.CCc1ccc(S(N)=O)cc1. The minimum absolute atomic E-state index is 0.112. The lowest BCUT2D eigenvalue weighted by Crippen LogP contribution is -2.22. The van der Waals surface area contributed by atoms with Gasteiger partial charge < -0.3 is 11.1 Å². The summed E-state index contributed by atoms with van der Waals surface area (Å²) < 4.78 is 10.7. The highest BCUT2D eigenvalue weighted by Crippen LogP contribution is 2.44.